The van der Waals surface area contributed by atoms with Gasteiger partial charge in [0.25, 0.3) is 5.91 Å². The Bertz CT molecular complexity index is 900. The first-order valence-electron chi connectivity index (χ1n) is 8.56. The molecular weight excluding hydrogens is 334 g/mol. The molecule has 0 fully saturated rings. The molecule has 1 N–H and O–H groups in total. The zero-order valence-electron chi connectivity index (χ0n) is 14.0. The van der Waals surface area contributed by atoms with Crippen molar-refractivity contribution >= 4 is 22.4 Å². The number of fused-ring (bicyclic) bond motifs is 1. The van der Waals surface area contributed by atoms with Crippen molar-refractivity contribution in [1.82, 2.24) is 20.0 Å². The Morgan fingerprint density at radius 2 is 2.08 bits per heavy atom. The highest BCUT2D eigenvalue weighted by molar-refractivity contribution is 7.15. The van der Waals surface area contributed by atoms with Gasteiger partial charge in [-0.05, 0) is 37.8 Å². The SMILES string of the molecule is CCCc1nnc(NC(=O)c2nn(-c3ccccc3)c3c2CCC3)s1. The normalized spacial score (nSPS) is 13.0. The molecule has 0 radical (unpaired) electrons. The van der Waals surface area contributed by atoms with Crippen LogP contribution in [-0.4, -0.2) is 25.9 Å². The molecule has 0 spiro atoms. The van der Waals surface area contributed by atoms with Crippen molar-refractivity contribution in [1.29, 1.82) is 0 Å². The van der Waals surface area contributed by atoms with E-state index in [-0.39, 0.29) is 5.91 Å². The van der Waals surface area contributed by atoms with Crippen molar-refractivity contribution in [2.45, 2.75) is 39.0 Å². The van der Waals surface area contributed by atoms with Gasteiger partial charge in [-0.3, -0.25) is 10.1 Å². The summed E-state index contributed by atoms with van der Waals surface area (Å²) in [4.78, 5) is 12.7. The lowest BCUT2D eigenvalue weighted by Gasteiger charge is -2.04. The molecule has 7 heteroatoms. The molecule has 1 aromatic carbocycles. The standard InChI is InChI=1S/C18H19N5OS/c1-2-7-15-20-21-18(25-15)19-17(24)16-13-10-6-11-14(13)23(22-16)12-8-4-3-5-9-12/h3-5,8-9H,2,6-7,10-11H2,1H3,(H,19,21,24). The monoisotopic (exact) mass is 353 g/mol. The molecule has 1 amide bonds. The predicted molar refractivity (Wildman–Crippen MR) is 97.4 cm³/mol. The van der Waals surface area contributed by atoms with Gasteiger partial charge >= 0.3 is 0 Å². The molecular formula is C18H19N5OS. The fraction of sp³-hybridized carbons (Fsp3) is 0.333. The Morgan fingerprint density at radius 3 is 2.88 bits per heavy atom. The van der Waals surface area contributed by atoms with E-state index in [0.717, 1.165) is 54.1 Å². The number of aryl methyl sites for hydroxylation is 1. The van der Waals surface area contributed by atoms with E-state index in [1.54, 1.807) is 0 Å². The maximum Gasteiger partial charge on any atom is 0.278 e. The number of anilines is 1. The molecule has 2 aromatic heterocycles. The third kappa shape index (κ3) is 3.07. The van der Waals surface area contributed by atoms with Gasteiger partial charge in [0.05, 0.1) is 5.69 Å². The first-order chi connectivity index (χ1) is 12.3. The lowest BCUT2D eigenvalue weighted by atomic mass is 10.2. The molecule has 4 rings (SSSR count). The number of hydrogen-bond acceptors (Lipinski definition) is 5. The van der Waals surface area contributed by atoms with Crippen molar-refractivity contribution in [2.24, 2.45) is 0 Å². The van der Waals surface area contributed by atoms with Crippen LogP contribution in [0.1, 0.15) is 46.5 Å². The Hall–Kier alpha value is -2.54. The second-order valence-electron chi connectivity index (χ2n) is 6.08. The second-order valence-corrected chi connectivity index (χ2v) is 7.14. The maximum absolute atomic E-state index is 12.7. The molecule has 0 unspecified atom stereocenters. The summed E-state index contributed by atoms with van der Waals surface area (Å²) < 4.78 is 1.90. The Balaban J connectivity index is 1.63. The highest BCUT2D eigenvalue weighted by Gasteiger charge is 2.27. The zero-order valence-corrected chi connectivity index (χ0v) is 14.8. The van der Waals surface area contributed by atoms with Crippen LogP contribution in [0.2, 0.25) is 0 Å². The molecule has 128 valence electrons. The fourth-order valence-electron chi connectivity index (χ4n) is 3.18. The summed E-state index contributed by atoms with van der Waals surface area (Å²) in [5, 5.41) is 17.1. The van der Waals surface area contributed by atoms with Crippen LogP contribution in [0.4, 0.5) is 5.13 Å². The zero-order chi connectivity index (χ0) is 17.2. The number of aromatic nitrogens is 4. The quantitative estimate of drug-likeness (QED) is 0.763. The fourth-order valence-corrected chi connectivity index (χ4v) is 4.01. The number of nitrogens with zero attached hydrogens (tertiary/aromatic N) is 4. The summed E-state index contributed by atoms with van der Waals surface area (Å²) in [6.07, 6.45) is 4.79. The molecule has 6 nitrogen and oxygen atoms in total. The molecule has 3 aromatic rings. The van der Waals surface area contributed by atoms with Gasteiger partial charge in [-0.25, -0.2) is 4.68 Å². The Kier molecular flexibility index (Phi) is 4.31. The van der Waals surface area contributed by atoms with Gasteiger partial charge in [-0.2, -0.15) is 5.10 Å². The highest BCUT2D eigenvalue weighted by Crippen LogP contribution is 2.28. The van der Waals surface area contributed by atoms with Gasteiger partial charge in [-0.15, -0.1) is 10.2 Å². The molecule has 0 saturated heterocycles. The minimum absolute atomic E-state index is 0.202. The summed E-state index contributed by atoms with van der Waals surface area (Å²) in [5.41, 5.74) is 3.68. The number of rotatable bonds is 5. The molecule has 0 saturated carbocycles. The van der Waals surface area contributed by atoms with Gasteiger partial charge in [-0.1, -0.05) is 36.5 Å². The lowest BCUT2D eigenvalue weighted by Crippen LogP contribution is -2.14. The van der Waals surface area contributed by atoms with E-state index in [1.165, 1.54) is 11.3 Å². The minimum Gasteiger partial charge on any atom is -0.295 e. The number of carbonyl (C=O) groups excluding carboxylic acids is 1. The minimum atomic E-state index is -0.202. The molecule has 0 aliphatic heterocycles. The lowest BCUT2D eigenvalue weighted by molar-refractivity contribution is 0.102. The molecule has 1 aliphatic rings. The van der Waals surface area contributed by atoms with Crippen LogP contribution >= 0.6 is 11.3 Å². The van der Waals surface area contributed by atoms with Crippen LogP contribution in [0.15, 0.2) is 30.3 Å². The van der Waals surface area contributed by atoms with E-state index >= 15 is 0 Å². The predicted octanol–water partition coefficient (Wildman–Crippen LogP) is 3.42. The molecule has 2 heterocycles. The number of hydrogen-bond donors (Lipinski definition) is 1. The van der Waals surface area contributed by atoms with Crippen molar-refractivity contribution < 1.29 is 4.79 Å². The van der Waals surface area contributed by atoms with Crippen LogP contribution in [0.5, 0.6) is 0 Å². The Labute approximate surface area is 149 Å². The number of carbonyl (C=O) groups is 1. The van der Waals surface area contributed by atoms with E-state index in [9.17, 15) is 4.79 Å². The smallest absolute Gasteiger partial charge is 0.278 e. The average Bonchev–Trinajstić information content (AvgIpc) is 3.32. The summed E-state index contributed by atoms with van der Waals surface area (Å²) in [6, 6.07) is 9.96. The first kappa shape index (κ1) is 16.0. The van der Waals surface area contributed by atoms with Crippen LogP contribution in [0.3, 0.4) is 0 Å². The van der Waals surface area contributed by atoms with Crippen LogP contribution < -0.4 is 5.32 Å². The van der Waals surface area contributed by atoms with Crippen molar-refractivity contribution in [3.05, 3.63) is 52.3 Å². The van der Waals surface area contributed by atoms with E-state index in [2.05, 4.69) is 27.5 Å². The number of amides is 1. The van der Waals surface area contributed by atoms with Gasteiger partial charge in [0, 0.05) is 17.7 Å². The maximum atomic E-state index is 12.7. The first-order valence-corrected chi connectivity index (χ1v) is 9.38. The van der Waals surface area contributed by atoms with Gasteiger partial charge in [0.1, 0.15) is 5.01 Å². The molecule has 0 atom stereocenters. The van der Waals surface area contributed by atoms with Crippen LogP contribution in [-0.2, 0) is 19.3 Å². The van der Waals surface area contributed by atoms with E-state index < -0.39 is 0 Å². The number of benzene rings is 1. The van der Waals surface area contributed by atoms with E-state index in [4.69, 9.17) is 0 Å². The van der Waals surface area contributed by atoms with Gasteiger partial charge < -0.3 is 0 Å². The Morgan fingerprint density at radius 1 is 1.24 bits per heavy atom. The molecule has 0 bridgehead atoms. The van der Waals surface area contributed by atoms with Crippen LogP contribution in [0, 0.1) is 0 Å². The van der Waals surface area contributed by atoms with Gasteiger partial charge in [0.2, 0.25) is 5.13 Å². The van der Waals surface area contributed by atoms with Crippen LogP contribution in [0.25, 0.3) is 5.69 Å². The average molecular weight is 353 g/mol. The van der Waals surface area contributed by atoms with Crippen molar-refractivity contribution in [2.75, 3.05) is 5.32 Å². The second kappa shape index (κ2) is 6.76. The summed E-state index contributed by atoms with van der Waals surface area (Å²) in [5.74, 6) is -0.202. The third-order valence-corrected chi connectivity index (χ3v) is 5.20. The molecule has 1 aliphatic carbocycles. The van der Waals surface area contributed by atoms with Crippen molar-refractivity contribution in [3.63, 3.8) is 0 Å². The highest BCUT2D eigenvalue weighted by atomic mass is 32.1. The summed E-state index contributed by atoms with van der Waals surface area (Å²) >= 11 is 1.43. The van der Waals surface area contributed by atoms with E-state index in [0.29, 0.717) is 10.8 Å². The molecule has 25 heavy (non-hydrogen) atoms. The largest absolute Gasteiger partial charge is 0.295 e. The van der Waals surface area contributed by atoms with Gasteiger partial charge in [0.15, 0.2) is 5.69 Å². The van der Waals surface area contributed by atoms with E-state index in [1.807, 2.05) is 35.0 Å². The number of nitrogens with one attached hydrogen (secondary N) is 1. The summed E-state index contributed by atoms with van der Waals surface area (Å²) in [7, 11) is 0. The third-order valence-electron chi connectivity index (χ3n) is 4.30. The summed E-state index contributed by atoms with van der Waals surface area (Å²) in [6.45, 7) is 2.10. The topological polar surface area (TPSA) is 72.7 Å². The number of para-hydroxylation sites is 1. The van der Waals surface area contributed by atoms with Crippen molar-refractivity contribution in [3.8, 4) is 5.69 Å².